The quantitative estimate of drug-likeness (QED) is 0.754. The first-order valence-electron chi connectivity index (χ1n) is 6.43. The summed E-state index contributed by atoms with van der Waals surface area (Å²) in [5.74, 6) is 2.13. The van der Waals surface area contributed by atoms with Crippen LogP contribution in [-0.4, -0.2) is 43.0 Å². The Labute approximate surface area is 91.9 Å². The summed E-state index contributed by atoms with van der Waals surface area (Å²) in [5, 5.41) is 3.53. The molecule has 3 nitrogen and oxygen atoms in total. The van der Waals surface area contributed by atoms with E-state index in [0.29, 0.717) is 0 Å². The van der Waals surface area contributed by atoms with Crippen molar-refractivity contribution < 1.29 is 0 Å². The van der Waals surface area contributed by atoms with Gasteiger partial charge in [-0.3, -0.25) is 4.99 Å². The normalized spacial score (nSPS) is 32.0. The van der Waals surface area contributed by atoms with E-state index in [1.54, 1.807) is 0 Å². The molecule has 0 aromatic heterocycles. The van der Waals surface area contributed by atoms with Crippen LogP contribution in [0.3, 0.4) is 0 Å². The molecule has 1 N–H and O–H groups in total. The van der Waals surface area contributed by atoms with Gasteiger partial charge in [-0.25, -0.2) is 0 Å². The van der Waals surface area contributed by atoms with Gasteiger partial charge in [-0.1, -0.05) is 0 Å². The summed E-state index contributed by atoms with van der Waals surface area (Å²) in [6.45, 7) is 4.86. The molecule has 3 heteroatoms. The maximum absolute atomic E-state index is 4.46. The lowest BCUT2D eigenvalue weighted by Gasteiger charge is -2.15. The van der Waals surface area contributed by atoms with Crippen LogP contribution < -0.4 is 5.32 Å². The van der Waals surface area contributed by atoms with Crippen LogP contribution in [-0.2, 0) is 0 Å². The predicted octanol–water partition coefficient (Wildman–Crippen LogP) is 1.25. The van der Waals surface area contributed by atoms with Gasteiger partial charge in [0.25, 0.3) is 0 Å². The molecule has 84 valence electrons. The van der Waals surface area contributed by atoms with Crippen molar-refractivity contribution >= 4 is 5.84 Å². The number of likely N-dealkylation sites (tertiary alicyclic amines) is 1. The van der Waals surface area contributed by atoms with Gasteiger partial charge in [0.05, 0.1) is 5.84 Å². The first-order valence-corrected chi connectivity index (χ1v) is 6.43. The molecule has 2 fully saturated rings. The number of nitrogens with one attached hydrogen (secondary N) is 1. The van der Waals surface area contributed by atoms with E-state index >= 15 is 0 Å². The fourth-order valence-corrected chi connectivity index (χ4v) is 2.75. The van der Waals surface area contributed by atoms with Gasteiger partial charge in [0, 0.05) is 32.1 Å². The fourth-order valence-electron chi connectivity index (χ4n) is 2.75. The zero-order chi connectivity index (χ0) is 10.1. The van der Waals surface area contributed by atoms with E-state index in [1.807, 2.05) is 0 Å². The van der Waals surface area contributed by atoms with E-state index in [4.69, 9.17) is 0 Å². The van der Waals surface area contributed by atoms with Crippen molar-refractivity contribution in [3.8, 4) is 0 Å². The van der Waals surface area contributed by atoms with Crippen molar-refractivity contribution in [2.45, 2.75) is 38.1 Å². The van der Waals surface area contributed by atoms with Crippen molar-refractivity contribution in [1.29, 1.82) is 0 Å². The van der Waals surface area contributed by atoms with Crippen LogP contribution in [0.1, 0.15) is 32.1 Å². The molecule has 1 unspecified atom stereocenters. The van der Waals surface area contributed by atoms with Gasteiger partial charge < -0.3 is 10.2 Å². The maximum atomic E-state index is 4.46. The van der Waals surface area contributed by atoms with E-state index in [1.165, 1.54) is 51.0 Å². The Balaban J connectivity index is 1.40. The third-order valence-corrected chi connectivity index (χ3v) is 3.85. The van der Waals surface area contributed by atoms with E-state index in [9.17, 15) is 0 Å². The van der Waals surface area contributed by atoms with Crippen LogP contribution in [0.2, 0.25) is 0 Å². The molecule has 0 radical (unpaired) electrons. The Bertz CT molecular complexity index is 258. The van der Waals surface area contributed by atoms with Crippen LogP contribution in [0.25, 0.3) is 0 Å². The molecular weight excluding hydrogens is 186 g/mol. The van der Waals surface area contributed by atoms with E-state index < -0.39 is 0 Å². The fraction of sp³-hybridized carbons (Fsp3) is 0.917. The minimum absolute atomic E-state index is 0.869. The second-order valence-electron chi connectivity index (χ2n) is 5.19. The van der Waals surface area contributed by atoms with Crippen molar-refractivity contribution in [1.82, 2.24) is 10.2 Å². The number of amidine groups is 1. The van der Waals surface area contributed by atoms with Crippen LogP contribution in [0.15, 0.2) is 4.99 Å². The molecule has 0 bridgehead atoms. The molecule has 0 amide bonds. The first kappa shape index (κ1) is 9.64. The Hall–Kier alpha value is -0.570. The lowest BCUT2D eigenvalue weighted by molar-refractivity contribution is 0.314. The molecule has 2 heterocycles. The van der Waals surface area contributed by atoms with Gasteiger partial charge in [0.15, 0.2) is 0 Å². The summed E-state index contributed by atoms with van der Waals surface area (Å²) in [5.41, 5.74) is 0. The molecule has 15 heavy (non-hydrogen) atoms. The molecule has 3 rings (SSSR count). The summed E-state index contributed by atoms with van der Waals surface area (Å²) in [6, 6.07) is 0.957. The Morgan fingerprint density at radius 3 is 3.00 bits per heavy atom. The maximum Gasteiger partial charge on any atom is 0.0963 e. The zero-order valence-electron chi connectivity index (χ0n) is 9.41. The molecule has 1 saturated heterocycles. The highest BCUT2D eigenvalue weighted by Gasteiger charge is 2.34. The van der Waals surface area contributed by atoms with E-state index in [2.05, 4.69) is 15.2 Å². The molecule has 1 aliphatic carbocycles. The summed E-state index contributed by atoms with van der Waals surface area (Å²) in [6.07, 6.45) is 6.72. The summed E-state index contributed by atoms with van der Waals surface area (Å²) in [4.78, 5) is 7.14. The van der Waals surface area contributed by atoms with Crippen molar-refractivity contribution in [2.75, 3.05) is 26.2 Å². The molecule has 0 aromatic carbocycles. The summed E-state index contributed by atoms with van der Waals surface area (Å²) >= 11 is 0. The number of nitrogens with zero attached hydrogens (tertiary/aromatic N) is 2. The van der Waals surface area contributed by atoms with E-state index in [-0.39, 0.29) is 0 Å². The highest BCUT2D eigenvalue weighted by Crippen LogP contribution is 2.31. The molecule has 3 aliphatic rings. The Morgan fingerprint density at radius 2 is 2.27 bits per heavy atom. The Kier molecular flexibility index (Phi) is 2.65. The lowest BCUT2D eigenvalue weighted by atomic mass is 10.1. The van der Waals surface area contributed by atoms with Crippen molar-refractivity contribution in [3.05, 3.63) is 0 Å². The van der Waals surface area contributed by atoms with Gasteiger partial charge in [-0.05, 0) is 38.1 Å². The standard InChI is InChI=1S/C12H21N3/c1-2-12(13-6-1)14-8-10-5-7-15(9-10)11-3-4-11/h10-11H,1-9H2,(H,13,14). The van der Waals surface area contributed by atoms with Gasteiger partial charge in [-0.2, -0.15) is 0 Å². The summed E-state index contributed by atoms with van der Waals surface area (Å²) in [7, 11) is 0. The molecule has 1 saturated carbocycles. The second-order valence-corrected chi connectivity index (χ2v) is 5.19. The van der Waals surface area contributed by atoms with Crippen LogP contribution in [0.4, 0.5) is 0 Å². The van der Waals surface area contributed by atoms with Crippen molar-refractivity contribution in [2.24, 2.45) is 10.9 Å². The molecule has 0 spiro atoms. The number of rotatable bonds is 3. The van der Waals surface area contributed by atoms with Gasteiger partial charge in [-0.15, -0.1) is 0 Å². The number of aliphatic imine (C=N–C) groups is 1. The Morgan fingerprint density at radius 1 is 1.33 bits per heavy atom. The van der Waals surface area contributed by atoms with Gasteiger partial charge >= 0.3 is 0 Å². The highest BCUT2D eigenvalue weighted by atomic mass is 15.2. The SMILES string of the molecule is C1CN=C(NCC2CCN(C3CC3)C2)C1. The van der Waals surface area contributed by atoms with Gasteiger partial charge in [0.2, 0.25) is 0 Å². The second kappa shape index (κ2) is 4.12. The molecule has 2 aliphatic heterocycles. The zero-order valence-corrected chi connectivity index (χ0v) is 9.41. The third kappa shape index (κ3) is 2.33. The topological polar surface area (TPSA) is 27.6 Å². The lowest BCUT2D eigenvalue weighted by Crippen LogP contribution is -2.30. The largest absolute Gasteiger partial charge is 0.374 e. The predicted molar refractivity (Wildman–Crippen MR) is 62.2 cm³/mol. The highest BCUT2D eigenvalue weighted by molar-refractivity contribution is 5.83. The monoisotopic (exact) mass is 207 g/mol. The first-order chi connectivity index (χ1) is 7.42. The van der Waals surface area contributed by atoms with Crippen LogP contribution in [0.5, 0.6) is 0 Å². The van der Waals surface area contributed by atoms with E-state index in [0.717, 1.165) is 25.0 Å². The third-order valence-electron chi connectivity index (χ3n) is 3.85. The van der Waals surface area contributed by atoms with Crippen LogP contribution in [0, 0.1) is 5.92 Å². The minimum atomic E-state index is 0.869. The average molecular weight is 207 g/mol. The number of hydrogen-bond donors (Lipinski definition) is 1. The van der Waals surface area contributed by atoms with Gasteiger partial charge in [0.1, 0.15) is 0 Å². The molecule has 1 atom stereocenters. The number of hydrogen-bond acceptors (Lipinski definition) is 3. The smallest absolute Gasteiger partial charge is 0.0963 e. The van der Waals surface area contributed by atoms with Crippen LogP contribution >= 0.6 is 0 Å². The minimum Gasteiger partial charge on any atom is -0.374 e. The average Bonchev–Trinajstić information content (AvgIpc) is 2.82. The summed E-state index contributed by atoms with van der Waals surface area (Å²) < 4.78 is 0. The molecular formula is C12H21N3. The molecule has 0 aromatic rings. The van der Waals surface area contributed by atoms with Crippen molar-refractivity contribution in [3.63, 3.8) is 0 Å².